The molecule has 0 aromatic heterocycles. The van der Waals surface area contributed by atoms with Crippen molar-refractivity contribution in [1.82, 2.24) is 10.6 Å². The number of carbonyl (C=O) groups excluding carboxylic acids is 3. The zero-order valence-corrected chi connectivity index (χ0v) is 20.2. The van der Waals surface area contributed by atoms with Crippen molar-refractivity contribution in [3.63, 3.8) is 0 Å². The number of ether oxygens (including phenoxy) is 1. The zero-order chi connectivity index (χ0) is 23.9. The number of carbonyl (C=O) groups is 3. The number of hydrogen-bond acceptors (Lipinski definition) is 4. The summed E-state index contributed by atoms with van der Waals surface area (Å²) in [5.41, 5.74) is 2.10. The summed E-state index contributed by atoms with van der Waals surface area (Å²) in [6.07, 6.45) is 5.20. The third-order valence-electron chi connectivity index (χ3n) is 5.30. The summed E-state index contributed by atoms with van der Waals surface area (Å²) < 4.78 is 4.90. The second-order valence-electron chi connectivity index (χ2n) is 8.12. The minimum absolute atomic E-state index is 0.188. The number of aryl methyl sites for hydroxylation is 1. The molecule has 2 unspecified atom stereocenters. The Morgan fingerprint density at radius 2 is 1.78 bits per heavy atom. The van der Waals surface area contributed by atoms with Crippen LogP contribution in [0.5, 0.6) is 0 Å². The lowest BCUT2D eigenvalue weighted by molar-refractivity contribution is -0.143. The molecule has 4 N–H and O–H groups in total. The number of urea groups is 2. The van der Waals surface area contributed by atoms with Crippen LogP contribution in [0.15, 0.2) is 18.2 Å². The van der Waals surface area contributed by atoms with Crippen molar-refractivity contribution in [2.45, 2.75) is 79.2 Å². The highest BCUT2D eigenvalue weighted by atomic mass is 16.5. The Morgan fingerprint density at radius 3 is 2.44 bits per heavy atom. The molecule has 8 nitrogen and oxygen atoms in total. The lowest BCUT2D eigenvalue weighted by Gasteiger charge is -2.17. The van der Waals surface area contributed by atoms with E-state index >= 15 is 0 Å². The molecule has 0 spiro atoms. The molecule has 180 valence electrons. The maximum atomic E-state index is 12.4. The number of amides is 4. The molecule has 0 bridgehead atoms. The van der Waals surface area contributed by atoms with Crippen LogP contribution in [0.4, 0.5) is 21.0 Å². The van der Waals surface area contributed by atoms with Crippen LogP contribution < -0.4 is 21.3 Å². The maximum Gasteiger partial charge on any atom is 0.319 e. The molecular formula is C24H40N4O4. The standard InChI is InChI=1S/C24H40N4O4/c1-6-9-10-19(7-2)16-25-23(30)28-21-15-20(13-11-17(21)4)27-24(31)26-18(5)12-14-22(29)32-8-3/h11,13,15,18-19H,6-10,12,14,16H2,1-5H3,(H2,25,28,30)(H2,26,27,31). The lowest BCUT2D eigenvalue weighted by Crippen LogP contribution is -2.36. The number of hydrogen-bond donors (Lipinski definition) is 4. The normalized spacial score (nSPS) is 12.4. The van der Waals surface area contributed by atoms with Gasteiger partial charge in [0.2, 0.25) is 0 Å². The molecule has 0 saturated carbocycles. The third-order valence-corrected chi connectivity index (χ3v) is 5.30. The Balaban J connectivity index is 2.55. The Hall–Kier alpha value is -2.77. The highest BCUT2D eigenvalue weighted by molar-refractivity contribution is 5.93. The van der Waals surface area contributed by atoms with Gasteiger partial charge in [0, 0.05) is 30.4 Å². The molecule has 1 aromatic rings. The molecule has 0 radical (unpaired) electrons. The second-order valence-corrected chi connectivity index (χ2v) is 8.12. The number of nitrogens with one attached hydrogen (secondary N) is 4. The molecule has 0 aliphatic carbocycles. The van der Waals surface area contributed by atoms with Gasteiger partial charge in [0.05, 0.1) is 6.61 Å². The first-order valence-corrected chi connectivity index (χ1v) is 11.7. The number of esters is 1. The van der Waals surface area contributed by atoms with Crippen molar-refractivity contribution in [2.24, 2.45) is 5.92 Å². The summed E-state index contributed by atoms with van der Waals surface area (Å²) in [6, 6.07) is 4.53. The number of benzene rings is 1. The quantitative estimate of drug-likeness (QED) is 0.312. The van der Waals surface area contributed by atoms with Gasteiger partial charge in [-0.25, -0.2) is 9.59 Å². The first kappa shape index (κ1) is 27.3. The van der Waals surface area contributed by atoms with Gasteiger partial charge in [0.25, 0.3) is 0 Å². The van der Waals surface area contributed by atoms with E-state index in [-0.39, 0.29) is 30.5 Å². The number of unbranched alkanes of at least 4 members (excludes halogenated alkanes) is 1. The molecule has 0 aliphatic rings. The Labute approximate surface area is 192 Å². The predicted molar refractivity (Wildman–Crippen MR) is 129 cm³/mol. The van der Waals surface area contributed by atoms with E-state index in [0.29, 0.717) is 36.9 Å². The van der Waals surface area contributed by atoms with Crippen molar-refractivity contribution in [1.29, 1.82) is 0 Å². The molecule has 0 aliphatic heterocycles. The smallest absolute Gasteiger partial charge is 0.319 e. The fraction of sp³-hybridized carbons (Fsp3) is 0.625. The van der Waals surface area contributed by atoms with Gasteiger partial charge in [-0.1, -0.05) is 39.2 Å². The summed E-state index contributed by atoms with van der Waals surface area (Å²) in [5, 5.41) is 11.4. The van der Waals surface area contributed by atoms with Crippen LogP contribution in [0.2, 0.25) is 0 Å². The average Bonchev–Trinajstić information content (AvgIpc) is 2.75. The molecule has 1 aromatic carbocycles. The highest BCUT2D eigenvalue weighted by Gasteiger charge is 2.13. The summed E-state index contributed by atoms with van der Waals surface area (Å²) >= 11 is 0. The minimum Gasteiger partial charge on any atom is -0.466 e. The average molecular weight is 449 g/mol. The lowest BCUT2D eigenvalue weighted by atomic mass is 9.99. The molecule has 32 heavy (non-hydrogen) atoms. The Kier molecular flexibility index (Phi) is 12.9. The van der Waals surface area contributed by atoms with E-state index in [1.807, 2.05) is 19.9 Å². The third kappa shape index (κ3) is 11.0. The fourth-order valence-electron chi connectivity index (χ4n) is 3.21. The zero-order valence-electron chi connectivity index (χ0n) is 20.2. The van der Waals surface area contributed by atoms with Crippen LogP contribution in [-0.4, -0.2) is 37.2 Å². The molecule has 4 amide bonds. The highest BCUT2D eigenvalue weighted by Crippen LogP contribution is 2.20. The van der Waals surface area contributed by atoms with E-state index in [1.165, 1.54) is 0 Å². The van der Waals surface area contributed by atoms with Crippen LogP contribution in [0.3, 0.4) is 0 Å². The topological polar surface area (TPSA) is 109 Å². The summed E-state index contributed by atoms with van der Waals surface area (Å²) in [7, 11) is 0. The van der Waals surface area contributed by atoms with Crippen LogP contribution in [0.25, 0.3) is 0 Å². The van der Waals surface area contributed by atoms with Gasteiger partial charge in [-0.3, -0.25) is 4.79 Å². The first-order chi connectivity index (χ1) is 15.3. The van der Waals surface area contributed by atoms with Gasteiger partial charge in [0.15, 0.2) is 0 Å². The predicted octanol–water partition coefficient (Wildman–Crippen LogP) is 5.19. The minimum atomic E-state index is -0.373. The van der Waals surface area contributed by atoms with E-state index < -0.39 is 0 Å². The van der Waals surface area contributed by atoms with Crippen LogP contribution in [-0.2, 0) is 9.53 Å². The molecule has 2 atom stereocenters. The van der Waals surface area contributed by atoms with E-state index in [2.05, 4.69) is 35.1 Å². The number of rotatable bonds is 13. The van der Waals surface area contributed by atoms with Crippen LogP contribution in [0, 0.1) is 12.8 Å². The van der Waals surface area contributed by atoms with Crippen molar-refractivity contribution in [2.75, 3.05) is 23.8 Å². The van der Waals surface area contributed by atoms with Crippen molar-refractivity contribution in [3.05, 3.63) is 23.8 Å². The molecular weight excluding hydrogens is 408 g/mol. The van der Waals surface area contributed by atoms with Crippen LogP contribution in [0.1, 0.15) is 71.8 Å². The largest absolute Gasteiger partial charge is 0.466 e. The van der Waals surface area contributed by atoms with Gasteiger partial charge < -0.3 is 26.0 Å². The van der Waals surface area contributed by atoms with Gasteiger partial charge in [-0.05, 0) is 57.2 Å². The summed E-state index contributed by atoms with van der Waals surface area (Å²) in [4.78, 5) is 36.1. The Bertz CT molecular complexity index is 739. The molecule has 1 rings (SSSR count). The Morgan fingerprint density at radius 1 is 1.03 bits per heavy atom. The summed E-state index contributed by atoms with van der Waals surface area (Å²) in [6.45, 7) is 10.8. The van der Waals surface area contributed by atoms with E-state index in [9.17, 15) is 14.4 Å². The molecule has 8 heteroatoms. The van der Waals surface area contributed by atoms with Crippen molar-refractivity contribution >= 4 is 29.4 Å². The van der Waals surface area contributed by atoms with Gasteiger partial charge in [0.1, 0.15) is 0 Å². The molecule has 0 saturated heterocycles. The number of anilines is 2. The van der Waals surface area contributed by atoms with Crippen molar-refractivity contribution in [3.8, 4) is 0 Å². The molecule has 0 heterocycles. The first-order valence-electron chi connectivity index (χ1n) is 11.7. The monoisotopic (exact) mass is 448 g/mol. The van der Waals surface area contributed by atoms with Gasteiger partial charge in [-0.2, -0.15) is 0 Å². The van der Waals surface area contributed by atoms with E-state index in [0.717, 1.165) is 31.2 Å². The SMILES string of the molecule is CCCCC(CC)CNC(=O)Nc1cc(NC(=O)NC(C)CCC(=O)OCC)ccc1C. The maximum absolute atomic E-state index is 12.4. The molecule has 0 fully saturated rings. The fourth-order valence-corrected chi connectivity index (χ4v) is 3.21. The van der Waals surface area contributed by atoms with E-state index in [1.54, 1.807) is 19.1 Å². The summed E-state index contributed by atoms with van der Waals surface area (Å²) in [5.74, 6) is 0.203. The van der Waals surface area contributed by atoms with Gasteiger partial charge in [-0.15, -0.1) is 0 Å². The van der Waals surface area contributed by atoms with E-state index in [4.69, 9.17) is 4.74 Å². The van der Waals surface area contributed by atoms with Crippen LogP contribution >= 0.6 is 0 Å². The van der Waals surface area contributed by atoms with Gasteiger partial charge >= 0.3 is 18.0 Å². The van der Waals surface area contributed by atoms with Crippen molar-refractivity contribution < 1.29 is 19.1 Å². The second kappa shape index (κ2) is 15.1.